The molecule has 1 aromatic rings. The summed E-state index contributed by atoms with van der Waals surface area (Å²) in [6.07, 6.45) is 1.22. The van der Waals surface area contributed by atoms with Crippen LogP contribution in [0.4, 0.5) is 4.39 Å². The highest BCUT2D eigenvalue weighted by Crippen LogP contribution is 2.35. The van der Waals surface area contributed by atoms with Crippen molar-refractivity contribution in [2.24, 2.45) is 0 Å². The average Bonchev–Trinajstić information content (AvgIpc) is 2.16. The topological polar surface area (TPSA) is 17.1 Å². The summed E-state index contributed by atoms with van der Waals surface area (Å²) < 4.78 is 13.6. The molecule has 1 aliphatic carbocycles. The van der Waals surface area contributed by atoms with E-state index in [0.29, 0.717) is 24.0 Å². The van der Waals surface area contributed by atoms with Crippen LogP contribution in [0.2, 0.25) is 5.02 Å². The molecule has 2 rings (SSSR count). The fourth-order valence-corrected chi connectivity index (χ4v) is 2.08. The molecule has 0 N–H and O–H groups in total. The van der Waals surface area contributed by atoms with Crippen LogP contribution in [-0.2, 0) is 0 Å². The molecule has 1 aromatic carbocycles. The first-order chi connectivity index (χ1) is 6.61. The molecule has 0 fully saturated rings. The number of halogens is 2. The zero-order chi connectivity index (χ0) is 10.3. The van der Waals surface area contributed by atoms with Crippen LogP contribution < -0.4 is 0 Å². The van der Waals surface area contributed by atoms with Crippen LogP contribution in [0.5, 0.6) is 0 Å². The molecular formula is C11H10ClFO. The number of carbonyl (C=O) groups excluding carboxylic acids is 1. The van der Waals surface area contributed by atoms with E-state index in [4.69, 9.17) is 11.6 Å². The number of carbonyl (C=O) groups is 1. The van der Waals surface area contributed by atoms with Gasteiger partial charge in [-0.25, -0.2) is 4.39 Å². The van der Waals surface area contributed by atoms with Gasteiger partial charge in [0.25, 0.3) is 0 Å². The molecule has 1 unspecified atom stereocenters. The number of fused-ring (bicyclic) bond motifs is 1. The lowest BCUT2D eigenvalue weighted by atomic mass is 9.83. The van der Waals surface area contributed by atoms with Crippen LogP contribution in [-0.4, -0.2) is 5.78 Å². The van der Waals surface area contributed by atoms with Gasteiger partial charge in [-0.2, -0.15) is 0 Å². The monoisotopic (exact) mass is 212 g/mol. The van der Waals surface area contributed by atoms with Crippen molar-refractivity contribution in [1.82, 2.24) is 0 Å². The Kier molecular flexibility index (Phi) is 2.31. The van der Waals surface area contributed by atoms with Crippen molar-refractivity contribution in [3.8, 4) is 0 Å². The number of hydrogen-bond acceptors (Lipinski definition) is 1. The van der Waals surface area contributed by atoms with E-state index in [2.05, 4.69) is 0 Å². The van der Waals surface area contributed by atoms with Gasteiger partial charge in [0, 0.05) is 17.5 Å². The Bertz CT molecular complexity index is 401. The number of benzene rings is 1. The van der Waals surface area contributed by atoms with Crippen molar-refractivity contribution in [2.45, 2.75) is 25.7 Å². The van der Waals surface area contributed by atoms with Gasteiger partial charge >= 0.3 is 0 Å². The molecule has 74 valence electrons. The molecule has 1 nitrogen and oxygen atoms in total. The van der Waals surface area contributed by atoms with Crippen LogP contribution in [0.3, 0.4) is 0 Å². The zero-order valence-corrected chi connectivity index (χ0v) is 8.57. The van der Waals surface area contributed by atoms with Gasteiger partial charge in [0.05, 0.1) is 5.02 Å². The number of Topliss-reactive ketones (excluding diaryl/α,β-unsaturated/α-hetero) is 1. The molecule has 14 heavy (non-hydrogen) atoms. The van der Waals surface area contributed by atoms with Gasteiger partial charge < -0.3 is 0 Å². The fraction of sp³-hybridized carbons (Fsp3) is 0.364. The Morgan fingerprint density at radius 2 is 2.21 bits per heavy atom. The Labute approximate surface area is 86.9 Å². The lowest BCUT2D eigenvalue weighted by molar-refractivity contribution is 0.0966. The van der Waals surface area contributed by atoms with E-state index < -0.39 is 5.82 Å². The zero-order valence-electron chi connectivity index (χ0n) is 7.81. The van der Waals surface area contributed by atoms with E-state index in [1.54, 1.807) is 6.07 Å². The molecule has 0 saturated heterocycles. The van der Waals surface area contributed by atoms with E-state index in [1.165, 1.54) is 6.07 Å². The maximum Gasteiger partial charge on any atom is 0.163 e. The first-order valence-corrected chi connectivity index (χ1v) is 5.00. The van der Waals surface area contributed by atoms with Gasteiger partial charge in [0.2, 0.25) is 0 Å². The first-order valence-electron chi connectivity index (χ1n) is 4.62. The maximum absolute atomic E-state index is 13.6. The van der Waals surface area contributed by atoms with Gasteiger partial charge in [-0.05, 0) is 24.5 Å². The fourth-order valence-electron chi connectivity index (χ4n) is 1.92. The minimum atomic E-state index is -0.426. The molecule has 1 aliphatic rings. The third kappa shape index (κ3) is 1.34. The molecule has 0 radical (unpaired) electrons. The minimum absolute atomic E-state index is 0.0219. The van der Waals surface area contributed by atoms with Crippen LogP contribution in [0.1, 0.15) is 41.6 Å². The largest absolute Gasteiger partial charge is 0.294 e. The average molecular weight is 213 g/mol. The molecular weight excluding hydrogens is 203 g/mol. The molecule has 3 heteroatoms. The molecule has 0 heterocycles. The quantitative estimate of drug-likeness (QED) is 0.643. The standard InChI is InChI=1S/C11H10ClFO/c1-6-2-5-9(14)7-3-4-8(12)11(13)10(6)7/h3-4,6H,2,5H2,1H3. The summed E-state index contributed by atoms with van der Waals surface area (Å²) in [5.41, 5.74) is 0.999. The molecule has 0 aromatic heterocycles. The van der Waals surface area contributed by atoms with Gasteiger partial charge in [0.15, 0.2) is 5.78 Å². The Hall–Kier alpha value is -0.890. The second-order valence-corrected chi connectivity index (χ2v) is 4.09. The molecule has 0 saturated carbocycles. The van der Waals surface area contributed by atoms with Crippen molar-refractivity contribution >= 4 is 17.4 Å². The predicted octanol–water partition coefficient (Wildman–Crippen LogP) is 3.56. The molecule has 0 aliphatic heterocycles. The summed E-state index contributed by atoms with van der Waals surface area (Å²) in [6, 6.07) is 3.07. The molecule has 0 bridgehead atoms. The molecule has 0 spiro atoms. The van der Waals surface area contributed by atoms with Crippen molar-refractivity contribution in [1.29, 1.82) is 0 Å². The van der Waals surface area contributed by atoms with E-state index in [-0.39, 0.29) is 16.7 Å². The molecule has 0 amide bonds. The van der Waals surface area contributed by atoms with Crippen molar-refractivity contribution in [3.05, 3.63) is 34.1 Å². The van der Waals surface area contributed by atoms with Crippen molar-refractivity contribution < 1.29 is 9.18 Å². The van der Waals surface area contributed by atoms with E-state index in [1.807, 2.05) is 6.92 Å². The summed E-state index contributed by atoms with van der Waals surface area (Å²) in [5, 5.41) is 0.102. The Balaban J connectivity index is 2.67. The van der Waals surface area contributed by atoms with Gasteiger partial charge in [-0.3, -0.25) is 4.79 Å². The highest BCUT2D eigenvalue weighted by molar-refractivity contribution is 6.31. The lowest BCUT2D eigenvalue weighted by Crippen LogP contribution is -2.15. The SMILES string of the molecule is CC1CCC(=O)c2ccc(Cl)c(F)c21. The first kappa shape index (κ1) is 9.66. The summed E-state index contributed by atoms with van der Waals surface area (Å²) in [6.45, 7) is 1.92. The number of hydrogen-bond donors (Lipinski definition) is 0. The van der Waals surface area contributed by atoms with E-state index in [0.717, 1.165) is 0 Å². The Morgan fingerprint density at radius 1 is 1.50 bits per heavy atom. The highest BCUT2D eigenvalue weighted by atomic mass is 35.5. The number of rotatable bonds is 0. The second-order valence-electron chi connectivity index (χ2n) is 3.69. The van der Waals surface area contributed by atoms with Gasteiger partial charge in [0.1, 0.15) is 5.82 Å². The van der Waals surface area contributed by atoms with Crippen molar-refractivity contribution in [2.75, 3.05) is 0 Å². The van der Waals surface area contributed by atoms with Gasteiger partial charge in [-0.1, -0.05) is 18.5 Å². The smallest absolute Gasteiger partial charge is 0.163 e. The third-order valence-corrected chi connectivity index (χ3v) is 3.02. The number of ketones is 1. The van der Waals surface area contributed by atoms with Crippen LogP contribution >= 0.6 is 11.6 Å². The van der Waals surface area contributed by atoms with E-state index in [9.17, 15) is 9.18 Å². The third-order valence-electron chi connectivity index (χ3n) is 2.73. The molecule has 1 atom stereocenters. The Morgan fingerprint density at radius 3 is 2.93 bits per heavy atom. The summed E-state index contributed by atoms with van der Waals surface area (Å²) in [7, 11) is 0. The summed E-state index contributed by atoms with van der Waals surface area (Å²) in [5.74, 6) is -0.320. The summed E-state index contributed by atoms with van der Waals surface area (Å²) in [4.78, 5) is 11.5. The second kappa shape index (κ2) is 3.35. The lowest BCUT2D eigenvalue weighted by Gasteiger charge is -2.22. The van der Waals surface area contributed by atoms with Crippen LogP contribution in [0, 0.1) is 5.82 Å². The van der Waals surface area contributed by atoms with E-state index >= 15 is 0 Å². The van der Waals surface area contributed by atoms with Crippen molar-refractivity contribution in [3.63, 3.8) is 0 Å². The normalized spacial score (nSPS) is 20.8. The highest BCUT2D eigenvalue weighted by Gasteiger charge is 2.26. The van der Waals surface area contributed by atoms with Crippen LogP contribution in [0.15, 0.2) is 12.1 Å². The van der Waals surface area contributed by atoms with Gasteiger partial charge in [-0.15, -0.1) is 0 Å². The minimum Gasteiger partial charge on any atom is -0.294 e. The van der Waals surface area contributed by atoms with Crippen LogP contribution in [0.25, 0.3) is 0 Å². The predicted molar refractivity (Wildman–Crippen MR) is 53.4 cm³/mol. The maximum atomic E-state index is 13.6. The summed E-state index contributed by atoms with van der Waals surface area (Å²) >= 11 is 5.67.